The van der Waals surface area contributed by atoms with E-state index in [4.69, 9.17) is 16.3 Å². The molecule has 110 valence electrons. The average molecular weight is 299 g/mol. The van der Waals surface area contributed by atoms with Crippen LogP contribution < -0.4 is 10.1 Å². The molecule has 5 nitrogen and oxygen atoms in total. The number of non-ortho nitro benzene ring substituents is 1. The zero-order chi connectivity index (χ0) is 15.1. The number of nitrogens with one attached hydrogen (secondary N) is 1. The Hall–Kier alpha value is -1.59. The lowest BCUT2D eigenvalue weighted by molar-refractivity contribution is -0.384. The van der Waals surface area contributed by atoms with E-state index in [0.29, 0.717) is 18.9 Å². The van der Waals surface area contributed by atoms with Crippen LogP contribution in [0.15, 0.2) is 29.3 Å². The van der Waals surface area contributed by atoms with E-state index in [1.807, 2.05) is 20.8 Å². The number of hydrogen-bond donors (Lipinski definition) is 1. The summed E-state index contributed by atoms with van der Waals surface area (Å²) in [5.74, 6) is 0.626. The molecule has 20 heavy (non-hydrogen) atoms. The third-order valence-corrected chi connectivity index (χ3v) is 2.97. The first-order valence-corrected chi connectivity index (χ1v) is 6.77. The van der Waals surface area contributed by atoms with Gasteiger partial charge in [0.2, 0.25) is 0 Å². The van der Waals surface area contributed by atoms with Gasteiger partial charge in [-0.3, -0.25) is 10.1 Å². The Morgan fingerprint density at radius 2 is 2.25 bits per heavy atom. The van der Waals surface area contributed by atoms with Gasteiger partial charge in [-0.1, -0.05) is 25.4 Å². The summed E-state index contributed by atoms with van der Waals surface area (Å²) in [6.07, 6.45) is 0. The minimum absolute atomic E-state index is 0.0579. The van der Waals surface area contributed by atoms with Crippen LogP contribution in [0.25, 0.3) is 0 Å². The maximum Gasteiger partial charge on any atom is 0.270 e. The number of halogens is 1. The molecule has 1 aromatic carbocycles. The van der Waals surface area contributed by atoms with Crippen molar-refractivity contribution in [3.05, 3.63) is 45.0 Å². The van der Waals surface area contributed by atoms with Crippen molar-refractivity contribution >= 4 is 17.3 Å². The SMILES string of the molecule is C/C(=C\Cl)COc1ccc([N+](=O)[O-])cc1CNC(C)C. The molecule has 1 aromatic rings. The summed E-state index contributed by atoms with van der Waals surface area (Å²) in [4.78, 5) is 10.4. The molecule has 0 atom stereocenters. The predicted molar refractivity (Wildman–Crippen MR) is 80.2 cm³/mol. The Morgan fingerprint density at radius 1 is 1.55 bits per heavy atom. The normalized spacial score (nSPS) is 11.8. The van der Waals surface area contributed by atoms with E-state index in [-0.39, 0.29) is 11.7 Å². The van der Waals surface area contributed by atoms with Gasteiger partial charge in [0.05, 0.1) is 4.92 Å². The molecular formula is C14H19ClN2O3. The second-order valence-corrected chi connectivity index (χ2v) is 5.05. The highest BCUT2D eigenvalue weighted by Crippen LogP contribution is 2.24. The lowest BCUT2D eigenvalue weighted by Crippen LogP contribution is -2.22. The molecule has 0 amide bonds. The van der Waals surface area contributed by atoms with Gasteiger partial charge in [0.15, 0.2) is 0 Å². The fourth-order valence-electron chi connectivity index (χ4n) is 1.50. The molecule has 0 aliphatic carbocycles. The summed E-state index contributed by atoms with van der Waals surface area (Å²) in [6, 6.07) is 4.88. The highest BCUT2D eigenvalue weighted by atomic mass is 35.5. The molecule has 0 aliphatic rings. The standard InChI is InChI=1S/C14H19ClN2O3/c1-10(2)16-8-12-6-13(17(18)19)4-5-14(12)20-9-11(3)7-15/h4-7,10,16H,8-9H2,1-3H3/b11-7+. The number of benzene rings is 1. The Kier molecular flexibility index (Phi) is 6.48. The molecule has 0 bridgehead atoms. The Balaban J connectivity index is 2.92. The van der Waals surface area contributed by atoms with E-state index in [2.05, 4.69) is 5.32 Å². The van der Waals surface area contributed by atoms with Crippen LogP contribution in [0, 0.1) is 10.1 Å². The van der Waals surface area contributed by atoms with Gasteiger partial charge in [0.25, 0.3) is 5.69 Å². The number of hydrogen-bond acceptors (Lipinski definition) is 4. The van der Waals surface area contributed by atoms with Gasteiger partial charge in [-0.05, 0) is 18.6 Å². The van der Waals surface area contributed by atoms with Crippen LogP contribution in [-0.2, 0) is 6.54 Å². The molecule has 0 aliphatic heterocycles. The summed E-state index contributed by atoms with van der Waals surface area (Å²) in [6.45, 7) is 6.75. The molecule has 0 aromatic heterocycles. The van der Waals surface area contributed by atoms with Gasteiger partial charge in [-0.15, -0.1) is 0 Å². The van der Waals surface area contributed by atoms with Crippen molar-refractivity contribution in [3.8, 4) is 5.75 Å². The first-order chi connectivity index (χ1) is 9.43. The molecule has 0 fully saturated rings. The van der Waals surface area contributed by atoms with Crippen molar-refractivity contribution in [1.82, 2.24) is 5.32 Å². The van der Waals surface area contributed by atoms with Crippen LogP contribution >= 0.6 is 11.6 Å². The van der Waals surface area contributed by atoms with Crippen molar-refractivity contribution in [2.45, 2.75) is 33.4 Å². The molecule has 0 heterocycles. The van der Waals surface area contributed by atoms with Crippen molar-refractivity contribution in [1.29, 1.82) is 0 Å². The minimum atomic E-state index is -0.410. The molecule has 0 unspecified atom stereocenters. The average Bonchev–Trinajstić information content (AvgIpc) is 2.42. The van der Waals surface area contributed by atoms with Crippen LogP contribution in [-0.4, -0.2) is 17.6 Å². The fraction of sp³-hybridized carbons (Fsp3) is 0.429. The maximum absolute atomic E-state index is 10.8. The van der Waals surface area contributed by atoms with Crippen molar-refractivity contribution in [3.63, 3.8) is 0 Å². The van der Waals surface area contributed by atoms with E-state index in [1.165, 1.54) is 17.7 Å². The molecule has 1 rings (SSSR count). The van der Waals surface area contributed by atoms with Crippen LogP contribution in [0.2, 0.25) is 0 Å². The molecule has 0 saturated heterocycles. The van der Waals surface area contributed by atoms with E-state index >= 15 is 0 Å². The zero-order valence-corrected chi connectivity index (χ0v) is 12.6. The van der Waals surface area contributed by atoms with Gasteiger partial charge in [-0.25, -0.2) is 0 Å². The molecular weight excluding hydrogens is 280 g/mol. The first-order valence-electron chi connectivity index (χ1n) is 6.33. The number of nitrogens with zero attached hydrogens (tertiary/aromatic N) is 1. The molecule has 1 N–H and O–H groups in total. The second-order valence-electron chi connectivity index (χ2n) is 4.83. The summed E-state index contributed by atoms with van der Waals surface area (Å²) < 4.78 is 5.64. The number of rotatable bonds is 7. The topological polar surface area (TPSA) is 64.4 Å². The Bertz CT molecular complexity index is 501. The van der Waals surface area contributed by atoms with E-state index in [1.54, 1.807) is 6.07 Å². The highest BCUT2D eigenvalue weighted by Gasteiger charge is 2.12. The monoisotopic (exact) mass is 298 g/mol. The highest BCUT2D eigenvalue weighted by molar-refractivity contribution is 6.25. The van der Waals surface area contributed by atoms with E-state index in [0.717, 1.165) is 11.1 Å². The lowest BCUT2D eigenvalue weighted by atomic mass is 10.1. The number of ether oxygens (including phenoxy) is 1. The largest absolute Gasteiger partial charge is 0.489 e. The quantitative estimate of drug-likeness (QED) is 0.617. The van der Waals surface area contributed by atoms with Gasteiger partial charge >= 0.3 is 0 Å². The summed E-state index contributed by atoms with van der Waals surface area (Å²) >= 11 is 5.58. The molecule has 0 saturated carbocycles. The minimum Gasteiger partial charge on any atom is -0.489 e. The summed E-state index contributed by atoms with van der Waals surface area (Å²) in [5, 5.41) is 14.1. The van der Waals surface area contributed by atoms with Gasteiger partial charge in [0, 0.05) is 35.8 Å². The summed E-state index contributed by atoms with van der Waals surface area (Å²) in [7, 11) is 0. The molecule has 0 radical (unpaired) electrons. The smallest absolute Gasteiger partial charge is 0.270 e. The van der Waals surface area contributed by atoms with Gasteiger partial charge in [-0.2, -0.15) is 0 Å². The van der Waals surface area contributed by atoms with E-state index < -0.39 is 4.92 Å². The maximum atomic E-state index is 10.8. The van der Waals surface area contributed by atoms with Crippen molar-refractivity contribution in [2.24, 2.45) is 0 Å². The van der Waals surface area contributed by atoms with Crippen LogP contribution in [0.4, 0.5) is 5.69 Å². The summed E-state index contributed by atoms with van der Waals surface area (Å²) in [5.41, 5.74) is 3.16. The number of nitro groups is 1. The number of nitro benzene ring substituents is 1. The van der Waals surface area contributed by atoms with Crippen molar-refractivity contribution in [2.75, 3.05) is 6.61 Å². The fourth-order valence-corrected chi connectivity index (χ4v) is 1.56. The Morgan fingerprint density at radius 3 is 2.80 bits per heavy atom. The zero-order valence-electron chi connectivity index (χ0n) is 11.9. The Labute approximate surface area is 123 Å². The lowest BCUT2D eigenvalue weighted by Gasteiger charge is -2.13. The van der Waals surface area contributed by atoms with E-state index in [9.17, 15) is 10.1 Å². The van der Waals surface area contributed by atoms with Crippen LogP contribution in [0.5, 0.6) is 5.75 Å². The predicted octanol–water partition coefficient (Wildman–Crippen LogP) is 3.61. The third kappa shape index (κ3) is 5.19. The second kappa shape index (κ2) is 7.87. The van der Waals surface area contributed by atoms with Gasteiger partial charge in [0.1, 0.15) is 12.4 Å². The molecule has 0 spiro atoms. The first kappa shape index (κ1) is 16.5. The third-order valence-electron chi connectivity index (χ3n) is 2.60. The van der Waals surface area contributed by atoms with Gasteiger partial charge < -0.3 is 10.1 Å². The molecule has 6 heteroatoms. The van der Waals surface area contributed by atoms with Crippen LogP contribution in [0.3, 0.4) is 0 Å². The van der Waals surface area contributed by atoms with Crippen LogP contribution in [0.1, 0.15) is 26.3 Å². The van der Waals surface area contributed by atoms with Crippen molar-refractivity contribution < 1.29 is 9.66 Å².